The molecule has 8 heteroatoms. The number of carbonyl (C=O) groups excluding carboxylic acids is 1. The summed E-state index contributed by atoms with van der Waals surface area (Å²) in [6, 6.07) is 17.8. The number of fused-ring (bicyclic) bond motifs is 1. The van der Waals surface area contributed by atoms with E-state index in [1.165, 1.54) is 7.05 Å². The van der Waals surface area contributed by atoms with Crippen LogP contribution in [0.15, 0.2) is 65.6 Å². The van der Waals surface area contributed by atoms with Crippen molar-refractivity contribution in [2.75, 3.05) is 26.7 Å². The van der Waals surface area contributed by atoms with Gasteiger partial charge in [-0.2, -0.15) is 4.31 Å². The van der Waals surface area contributed by atoms with Crippen LogP contribution in [0.1, 0.15) is 5.56 Å². The summed E-state index contributed by atoms with van der Waals surface area (Å²) in [7, 11) is -2.40. The van der Waals surface area contributed by atoms with Crippen molar-refractivity contribution >= 4 is 38.3 Å². The third-order valence-corrected chi connectivity index (χ3v) is 6.84. The Morgan fingerprint density at radius 3 is 2.53 bits per heavy atom. The van der Waals surface area contributed by atoms with Gasteiger partial charge in [-0.05, 0) is 47.5 Å². The Hall–Kier alpha value is -2.61. The van der Waals surface area contributed by atoms with Crippen LogP contribution in [0.3, 0.4) is 0 Å². The lowest BCUT2D eigenvalue weighted by atomic mass is 10.1. The predicted octanol–water partition coefficient (Wildman–Crippen LogP) is 3.62. The summed E-state index contributed by atoms with van der Waals surface area (Å²) in [5.74, 6) is 0.197. The number of sulfonamides is 1. The minimum atomic E-state index is -3.78. The van der Waals surface area contributed by atoms with E-state index in [-0.39, 0.29) is 24.6 Å². The molecule has 0 aromatic heterocycles. The zero-order valence-electron chi connectivity index (χ0n) is 16.8. The molecule has 1 amide bonds. The van der Waals surface area contributed by atoms with Crippen molar-refractivity contribution in [1.82, 2.24) is 9.62 Å². The van der Waals surface area contributed by atoms with Crippen LogP contribution in [0, 0.1) is 6.92 Å². The van der Waals surface area contributed by atoms with Crippen molar-refractivity contribution in [3.05, 3.63) is 71.2 Å². The van der Waals surface area contributed by atoms with Crippen molar-refractivity contribution < 1.29 is 17.9 Å². The van der Waals surface area contributed by atoms with Gasteiger partial charge in [0, 0.05) is 12.1 Å². The van der Waals surface area contributed by atoms with E-state index in [9.17, 15) is 13.2 Å². The Labute approximate surface area is 181 Å². The number of nitrogens with one attached hydrogen (secondary N) is 1. The zero-order chi connectivity index (χ0) is 21.7. The minimum absolute atomic E-state index is 0.149. The van der Waals surface area contributed by atoms with Crippen molar-refractivity contribution in [1.29, 1.82) is 0 Å². The van der Waals surface area contributed by atoms with E-state index in [1.807, 2.05) is 37.3 Å². The molecule has 0 saturated heterocycles. The molecular formula is C22H23ClN2O4S. The second kappa shape index (κ2) is 9.47. The molecule has 3 rings (SSSR count). The first-order valence-electron chi connectivity index (χ1n) is 9.38. The van der Waals surface area contributed by atoms with Crippen molar-refractivity contribution in [2.24, 2.45) is 0 Å². The van der Waals surface area contributed by atoms with E-state index in [0.717, 1.165) is 20.6 Å². The molecule has 158 valence electrons. The van der Waals surface area contributed by atoms with Crippen LogP contribution in [-0.4, -0.2) is 45.4 Å². The fourth-order valence-electron chi connectivity index (χ4n) is 2.87. The quantitative estimate of drug-likeness (QED) is 0.536. The van der Waals surface area contributed by atoms with Crippen LogP contribution in [0.4, 0.5) is 0 Å². The second-order valence-electron chi connectivity index (χ2n) is 6.88. The van der Waals surface area contributed by atoms with Gasteiger partial charge >= 0.3 is 0 Å². The zero-order valence-corrected chi connectivity index (χ0v) is 18.3. The summed E-state index contributed by atoms with van der Waals surface area (Å²) < 4.78 is 32.2. The lowest BCUT2D eigenvalue weighted by molar-refractivity contribution is -0.121. The summed E-state index contributed by atoms with van der Waals surface area (Å²) in [6.07, 6.45) is 0. The van der Waals surface area contributed by atoms with E-state index in [0.29, 0.717) is 10.8 Å². The molecule has 0 heterocycles. The highest BCUT2D eigenvalue weighted by molar-refractivity contribution is 7.89. The highest BCUT2D eigenvalue weighted by Gasteiger charge is 2.23. The molecule has 0 unspecified atom stereocenters. The number of benzene rings is 3. The highest BCUT2D eigenvalue weighted by atomic mass is 35.5. The van der Waals surface area contributed by atoms with E-state index in [1.54, 1.807) is 30.3 Å². The van der Waals surface area contributed by atoms with Crippen molar-refractivity contribution in [2.45, 2.75) is 11.8 Å². The molecule has 0 aliphatic rings. The van der Waals surface area contributed by atoms with E-state index < -0.39 is 15.9 Å². The molecule has 30 heavy (non-hydrogen) atoms. The number of likely N-dealkylation sites (N-methyl/N-ethyl adjacent to an activating group) is 1. The lowest BCUT2D eigenvalue weighted by Gasteiger charge is -2.17. The first-order chi connectivity index (χ1) is 14.3. The summed E-state index contributed by atoms with van der Waals surface area (Å²) in [4.78, 5) is 12.3. The number of hydrogen-bond acceptors (Lipinski definition) is 4. The van der Waals surface area contributed by atoms with Crippen molar-refractivity contribution in [3.63, 3.8) is 0 Å². The van der Waals surface area contributed by atoms with Gasteiger partial charge in [0.15, 0.2) is 0 Å². The molecule has 0 aliphatic carbocycles. The SMILES string of the molecule is Cc1ccc(OCCNC(=O)CN(C)S(=O)(=O)c2ccc3ccccc3c2)cc1Cl. The first kappa shape index (κ1) is 22.1. The van der Waals surface area contributed by atoms with Gasteiger partial charge in [0.2, 0.25) is 15.9 Å². The molecular weight excluding hydrogens is 424 g/mol. The van der Waals surface area contributed by atoms with Crippen LogP contribution in [0.5, 0.6) is 5.75 Å². The van der Waals surface area contributed by atoms with Gasteiger partial charge in [0.25, 0.3) is 0 Å². The monoisotopic (exact) mass is 446 g/mol. The van der Waals surface area contributed by atoms with Crippen LogP contribution in [0.2, 0.25) is 5.02 Å². The van der Waals surface area contributed by atoms with Gasteiger partial charge in [-0.15, -0.1) is 0 Å². The van der Waals surface area contributed by atoms with E-state index in [4.69, 9.17) is 16.3 Å². The first-order valence-corrected chi connectivity index (χ1v) is 11.2. The maximum absolute atomic E-state index is 12.8. The van der Waals surface area contributed by atoms with Crippen LogP contribution >= 0.6 is 11.6 Å². The van der Waals surface area contributed by atoms with Gasteiger partial charge < -0.3 is 10.1 Å². The number of rotatable bonds is 8. The molecule has 0 radical (unpaired) electrons. The van der Waals surface area contributed by atoms with Gasteiger partial charge in [0.05, 0.1) is 18.0 Å². The number of amides is 1. The standard InChI is InChI=1S/C22H23ClN2O4S/c1-16-7-9-19(14-21(16)23)29-12-11-24-22(26)15-25(2)30(27,28)20-10-8-17-5-3-4-6-18(17)13-20/h3-10,13-14H,11-12,15H2,1-2H3,(H,24,26). The third-order valence-electron chi connectivity index (χ3n) is 4.63. The van der Waals surface area contributed by atoms with E-state index in [2.05, 4.69) is 5.32 Å². The number of nitrogens with zero attached hydrogens (tertiary/aromatic N) is 1. The molecule has 0 spiro atoms. The van der Waals surface area contributed by atoms with Crippen LogP contribution < -0.4 is 10.1 Å². The molecule has 3 aromatic carbocycles. The molecule has 0 fully saturated rings. The Balaban J connectivity index is 1.52. The smallest absolute Gasteiger partial charge is 0.243 e. The predicted molar refractivity (Wildman–Crippen MR) is 118 cm³/mol. The molecule has 6 nitrogen and oxygen atoms in total. The van der Waals surface area contributed by atoms with Gasteiger partial charge in [-0.1, -0.05) is 48.0 Å². The number of aryl methyl sites for hydroxylation is 1. The summed E-state index contributed by atoms with van der Waals surface area (Å²) in [5.41, 5.74) is 0.952. The number of carbonyl (C=O) groups is 1. The maximum atomic E-state index is 12.8. The largest absolute Gasteiger partial charge is 0.492 e. The molecule has 3 aromatic rings. The highest BCUT2D eigenvalue weighted by Crippen LogP contribution is 2.22. The molecule has 0 atom stereocenters. The maximum Gasteiger partial charge on any atom is 0.243 e. The van der Waals surface area contributed by atoms with Gasteiger partial charge in [-0.25, -0.2) is 8.42 Å². The number of hydrogen-bond donors (Lipinski definition) is 1. The molecule has 0 saturated carbocycles. The molecule has 1 N–H and O–H groups in total. The fourth-order valence-corrected chi connectivity index (χ4v) is 4.21. The Bertz CT molecular complexity index is 1160. The fraction of sp³-hybridized carbons (Fsp3) is 0.227. The van der Waals surface area contributed by atoms with E-state index >= 15 is 0 Å². The Morgan fingerprint density at radius 1 is 1.07 bits per heavy atom. The Morgan fingerprint density at radius 2 is 1.80 bits per heavy atom. The summed E-state index contributed by atoms with van der Waals surface area (Å²) in [6.45, 7) is 2.10. The summed E-state index contributed by atoms with van der Waals surface area (Å²) >= 11 is 6.05. The Kier molecular flexibility index (Phi) is 6.97. The van der Waals surface area contributed by atoms with Gasteiger partial charge in [0.1, 0.15) is 12.4 Å². The van der Waals surface area contributed by atoms with Crippen LogP contribution in [-0.2, 0) is 14.8 Å². The third kappa shape index (κ3) is 5.30. The normalized spacial score (nSPS) is 11.6. The topological polar surface area (TPSA) is 75.7 Å². The van der Waals surface area contributed by atoms with Gasteiger partial charge in [-0.3, -0.25) is 4.79 Å². The van der Waals surface area contributed by atoms with Crippen LogP contribution in [0.25, 0.3) is 10.8 Å². The van der Waals surface area contributed by atoms with Crippen molar-refractivity contribution in [3.8, 4) is 5.75 Å². The minimum Gasteiger partial charge on any atom is -0.492 e. The average Bonchev–Trinajstić information content (AvgIpc) is 2.73. The number of halogens is 1. The lowest BCUT2D eigenvalue weighted by Crippen LogP contribution is -2.39. The molecule has 0 aliphatic heterocycles. The number of ether oxygens (including phenoxy) is 1. The second-order valence-corrected chi connectivity index (χ2v) is 9.33. The average molecular weight is 447 g/mol. The molecule has 0 bridgehead atoms. The summed E-state index contributed by atoms with van der Waals surface area (Å²) in [5, 5.41) is 5.04.